The van der Waals surface area contributed by atoms with Crippen molar-refractivity contribution in [3.63, 3.8) is 0 Å². The van der Waals surface area contributed by atoms with Gasteiger partial charge in [-0.05, 0) is 24.3 Å². The molecule has 0 bridgehead atoms. The largest absolute Gasteiger partial charge is 0.495 e. The van der Waals surface area contributed by atoms with Gasteiger partial charge in [0.2, 0.25) is 0 Å². The van der Waals surface area contributed by atoms with Crippen LogP contribution in [-0.4, -0.2) is 33.8 Å². The van der Waals surface area contributed by atoms with Gasteiger partial charge in [0.25, 0.3) is 0 Å². The fourth-order valence-corrected chi connectivity index (χ4v) is 2.19. The highest BCUT2D eigenvalue weighted by molar-refractivity contribution is 5.90. The number of quaternary nitrogens is 1. The number of para-hydroxylation sites is 2. The van der Waals surface area contributed by atoms with Crippen LogP contribution in [0.25, 0.3) is 0 Å². The standard InChI is InChI=1S/C16H21N3O3/c1-19(2)13(15-9-6-10-22-15)11-17-16(20)18-12-7-4-5-8-14(12)21-3/h4-10,13H,11H2,1-3H3,(H2,17,18,20)/p+1/t13-/m0/s1. The van der Waals surface area contributed by atoms with Crippen LogP contribution in [0.2, 0.25) is 0 Å². The van der Waals surface area contributed by atoms with Gasteiger partial charge in [0.15, 0.2) is 11.8 Å². The molecule has 2 rings (SSSR count). The van der Waals surface area contributed by atoms with Crippen LogP contribution in [0.3, 0.4) is 0 Å². The lowest BCUT2D eigenvalue weighted by Gasteiger charge is -2.20. The Morgan fingerprint density at radius 1 is 1.27 bits per heavy atom. The molecule has 3 N–H and O–H groups in total. The molecule has 0 saturated carbocycles. The molecule has 0 saturated heterocycles. The summed E-state index contributed by atoms with van der Waals surface area (Å²) < 4.78 is 10.6. The topological polar surface area (TPSA) is 67.9 Å². The smallest absolute Gasteiger partial charge is 0.319 e. The molecule has 0 aliphatic carbocycles. The summed E-state index contributed by atoms with van der Waals surface area (Å²) in [4.78, 5) is 13.2. The monoisotopic (exact) mass is 304 g/mol. The third-order valence-corrected chi connectivity index (χ3v) is 3.41. The Bertz CT molecular complexity index is 596. The number of urea groups is 1. The zero-order valence-electron chi connectivity index (χ0n) is 13.1. The van der Waals surface area contributed by atoms with Crippen LogP contribution in [0.1, 0.15) is 11.8 Å². The molecule has 1 atom stereocenters. The molecule has 0 aliphatic rings. The van der Waals surface area contributed by atoms with Crippen LogP contribution >= 0.6 is 0 Å². The second-order valence-corrected chi connectivity index (χ2v) is 5.18. The fraction of sp³-hybridized carbons (Fsp3) is 0.312. The van der Waals surface area contributed by atoms with E-state index in [0.29, 0.717) is 18.0 Å². The minimum Gasteiger partial charge on any atom is -0.495 e. The first kappa shape index (κ1) is 15.9. The van der Waals surface area contributed by atoms with Crippen molar-refractivity contribution in [2.24, 2.45) is 0 Å². The van der Waals surface area contributed by atoms with Gasteiger partial charge < -0.3 is 24.7 Å². The first-order valence-electron chi connectivity index (χ1n) is 7.13. The Labute approximate surface area is 130 Å². The Kier molecular flexibility index (Phi) is 5.43. The molecule has 118 valence electrons. The van der Waals surface area contributed by atoms with Crippen molar-refractivity contribution in [1.82, 2.24) is 5.32 Å². The van der Waals surface area contributed by atoms with E-state index < -0.39 is 0 Å². The van der Waals surface area contributed by atoms with E-state index in [1.807, 2.05) is 38.4 Å². The molecule has 0 fully saturated rings. The predicted octanol–water partition coefficient (Wildman–Crippen LogP) is 1.30. The van der Waals surface area contributed by atoms with Crippen LogP contribution in [0.15, 0.2) is 47.1 Å². The molecule has 1 heterocycles. The summed E-state index contributed by atoms with van der Waals surface area (Å²) in [5.74, 6) is 1.47. The minimum absolute atomic E-state index is 0.0541. The van der Waals surface area contributed by atoms with Crippen molar-refractivity contribution in [1.29, 1.82) is 0 Å². The number of amides is 2. The van der Waals surface area contributed by atoms with Gasteiger partial charge in [-0.3, -0.25) is 0 Å². The highest BCUT2D eigenvalue weighted by atomic mass is 16.5. The summed E-state index contributed by atoms with van der Waals surface area (Å²) in [5, 5.41) is 5.65. The van der Waals surface area contributed by atoms with Gasteiger partial charge in [0.05, 0.1) is 39.7 Å². The molecule has 22 heavy (non-hydrogen) atoms. The molecule has 2 amide bonds. The lowest BCUT2D eigenvalue weighted by molar-refractivity contribution is -0.891. The van der Waals surface area contributed by atoms with Crippen LogP contribution in [0, 0.1) is 0 Å². The predicted molar refractivity (Wildman–Crippen MR) is 84.3 cm³/mol. The maximum Gasteiger partial charge on any atom is 0.319 e. The molecule has 1 aromatic heterocycles. The van der Waals surface area contributed by atoms with Gasteiger partial charge in [-0.25, -0.2) is 4.79 Å². The quantitative estimate of drug-likeness (QED) is 0.753. The van der Waals surface area contributed by atoms with E-state index in [1.165, 1.54) is 4.90 Å². The molecule has 6 nitrogen and oxygen atoms in total. The van der Waals surface area contributed by atoms with Crippen LogP contribution in [0.5, 0.6) is 5.75 Å². The van der Waals surface area contributed by atoms with E-state index >= 15 is 0 Å². The number of furan rings is 1. The zero-order valence-corrected chi connectivity index (χ0v) is 13.1. The van der Waals surface area contributed by atoms with Gasteiger partial charge in [-0.2, -0.15) is 0 Å². The molecule has 6 heteroatoms. The van der Waals surface area contributed by atoms with E-state index in [1.54, 1.807) is 25.5 Å². The van der Waals surface area contributed by atoms with Gasteiger partial charge in [0.1, 0.15) is 5.75 Å². The zero-order chi connectivity index (χ0) is 15.9. The number of hydrogen-bond acceptors (Lipinski definition) is 3. The first-order chi connectivity index (χ1) is 10.6. The van der Waals surface area contributed by atoms with E-state index in [4.69, 9.17) is 9.15 Å². The number of likely N-dealkylation sites (N-methyl/N-ethyl adjacent to an activating group) is 1. The average Bonchev–Trinajstić information content (AvgIpc) is 3.01. The number of carbonyl (C=O) groups is 1. The molecule has 0 spiro atoms. The maximum atomic E-state index is 12.1. The highest BCUT2D eigenvalue weighted by Crippen LogP contribution is 2.22. The summed E-state index contributed by atoms with van der Waals surface area (Å²) in [6.07, 6.45) is 1.64. The van der Waals surface area contributed by atoms with Crippen molar-refractivity contribution in [3.05, 3.63) is 48.4 Å². The summed E-state index contributed by atoms with van der Waals surface area (Å²) in [7, 11) is 5.61. The number of nitrogens with one attached hydrogen (secondary N) is 3. The van der Waals surface area contributed by atoms with Crippen molar-refractivity contribution in [2.45, 2.75) is 6.04 Å². The minimum atomic E-state index is -0.276. The summed E-state index contributed by atoms with van der Waals surface area (Å²) >= 11 is 0. The Morgan fingerprint density at radius 3 is 2.68 bits per heavy atom. The SMILES string of the molecule is COc1ccccc1NC(=O)NC[C@@H](c1ccco1)[NH+](C)C. The van der Waals surface area contributed by atoms with E-state index in [-0.39, 0.29) is 12.1 Å². The second kappa shape index (κ2) is 7.51. The highest BCUT2D eigenvalue weighted by Gasteiger charge is 2.21. The Morgan fingerprint density at radius 2 is 2.05 bits per heavy atom. The first-order valence-corrected chi connectivity index (χ1v) is 7.13. The number of methoxy groups -OCH3 is 1. The van der Waals surface area contributed by atoms with E-state index in [9.17, 15) is 4.79 Å². The van der Waals surface area contributed by atoms with E-state index in [0.717, 1.165) is 5.76 Å². The van der Waals surface area contributed by atoms with Crippen LogP contribution in [-0.2, 0) is 0 Å². The third kappa shape index (κ3) is 4.02. The van der Waals surface area contributed by atoms with Crippen molar-refractivity contribution in [3.8, 4) is 5.75 Å². The number of anilines is 1. The van der Waals surface area contributed by atoms with Gasteiger partial charge in [0, 0.05) is 0 Å². The Balaban J connectivity index is 1.94. The lowest BCUT2D eigenvalue weighted by Crippen LogP contribution is -3.07. The van der Waals surface area contributed by atoms with Gasteiger partial charge in [-0.15, -0.1) is 0 Å². The number of benzene rings is 1. The molecule has 0 aliphatic heterocycles. The molecule has 1 aromatic carbocycles. The number of carbonyl (C=O) groups excluding carboxylic acids is 1. The van der Waals surface area contributed by atoms with Crippen molar-refractivity contribution in [2.75, 3.05) is 33.1 Å². The van der Waals surface area contributed by atoms with Gasteiger partial charge >= 0.3 is 6.03 Å². The molecular weight excluding hydrogens is 282 g/mol. The summed E-state index contributed by atoms with van der Waals surface area (Å²) in [5.41, 5.74) is 0.634. The lowest BCUT2D eigenvalue weighted by atomic mass is 10.2. The Hall–Kier alpha value is -2.47. The average molecular weight is 304 g/mol. The number of ether oxygens (including phenoxy) is 1. The van der Waals surface area contributed by atoms with Crippen molar-refractivity contribution >= 4 is 11.7 Å². The molecule has 0 radical (unpaired) electrons. The second-order valence-electron chi connectivity index (χ2n) is 5.18. The van der Waals surface area contributed by atoms with Crippen LogP contribution in [0.4, 0.5) is 10.5 Å². The molecule has 0 unspecified atom stereocenters. The maximum absolute atomic E-state index is 12.1. The summed E-state index contributed by atoms with van der Waals surface area (Å²) in [6, 6.07) is 10.8. The van der Waals surface area contributed by atoms with Crippen molar-refractivity contribution < 1.29 is 18.8 Å². The van der Waals surface area contributed by atoms with E-state index in [2.05, 4.69) is 10.6 Å². The normalized spacial score (nSPS) is 12.0. The van der Waals surface area contributed by atoms with Crippen LogP contribution < -0.4 is 20.3 Å². The number of rotatable bonds is 6. The number of hydrogen-bond donors (Lipinski definition) is 3. The fourth-order valence-electron chi connectivity index (χ4n) is 2.19. The molecular formula is C16H22N3O3+. The third-order valence-electron chi connectivity index (χ3n) is 3.41. The molecule has 2 aromatic rings. The summed E-state index contributed by atoms with van der Waals surface area (Å²) in [6.45, 7) is 0.469. The van der Waals surface area contributed by atoms with Gasteiger partial charge in [-0.1, -0.05) is 12.1 Å².